The van der Waals surface area contributed by atoms with Gasteiger partial charge in [0, 0.05) is 0 Å². The first-order valence-corrected chi connectivity index (χ1v) is 16.9. The van der Waals surface area contributed by atoms with E-state index in [1.54, 1.807) is 11.1 Å². The molecule has 0 radical (unpaired) electrons. The van der Waals surface area contributed by atoms with Gasteiger partial charge < -0.3 is 0 Å². The van der Waals surface area contributed by atoms with Gasteiger partial charge in [0.15, 0.2) is 0 Å². The van der Waals surface area contributed by atoms with Gasteiger partial charge in [-0.2, -0.15) is 0 Å². The summed E-state index contributed by atoms with van der Waals surface area (Å²) in [6.45, 7) is 5.13. The van der Waals surface area contributed by atoms with Crippen molar-refractivity contribution in [3.8, 4) is 0 Å². The minimum atomic E-state index is -1.79. The Bertz CT molecular complexity index is 762. The molecule has 2 aliphatic rings. The van der Waals surface area contributed by atoms with Crippen LogP contribution in [0.25, 0.3) is 12.2 Å². The van der Waals surface area contributed by atoms with Crippen LogP contribution in [-0.2, 0) is 16.6 Å². The van der Waals surface area contributed by atoms with Crippen LogP contribution < -0.4 is 0 Å². The fourth-order valence-electron chi connectivity index (χ4n) is 4.57. The third kappa shape index (κ3) is 2.32. The van der Waals surface area contributed by atoms with Gasteiger partial charge in [0.1, 0.15) is 0 Å². The molecule has 0 aromatic heterocycles. The van der Waals surface area contributed by atoms with Crippen LogP contribution in [0.15, 0.2) is 60.7 Å². The zero-order valence-electron chi connectivity index (χ0n) is 13.3. The van der Waals surface area contributed by atoms with Crippen molar-refractivity contribution in [1.29, 1.82) is 0 Å². The molecule has 2 heteroatoms. The fourth-order valence-corrected chi connectivity index (χ4v) is 22.3. The Labute approximate surface area is 139 Å². The summed E-state index contributed by atoms with van der Waals surface area (Å²) in [7, 11) is 0. The molecule has 2 atom stereocenters. The van der Waals surface area contributed by atoms with Crippen LogP contribution in [0, 0.1) is 0 Å². The quantitative estimate of drug-likeness (QED) is 0.686. The van der Waals surface area contributed by atoms with Gasteiger partial charge in [-0.25, -0.2) is 0 Å². The zero-order chi connectivity index (χ0) is 15.1. The molecule has 0 nitrogen and oxygen atoms in total. The second-order valence-electron chi connectivity index (χ2n) is 7.04. The summed E-state index contributed by atoms with van der Waals surface area (Å²) >= 11 is -1.79. The summed E-state index contributed by atoms with van der Waals surface area (Å²) in [5.41, 5.74) is 6.16. The Kier molecular flexibility index (Phi) is 3.81. The summed E-state index contributed by atoms with van der Waals surface area (Å²) in [5.74, 6) is 0. The number of fused-ring (bicyclic) bond motifs is 2. The molecular weight excluding hydrogens is 316 g/mol. The van der Waals surface area contributed by atoms with E-state index in [4.69, 9.17) is 0 Å². The molecule has 0 bridgehead atoms. The normalized spacial score (nSPS) is 21.2. The van der Waals surface area contributed by atoms with E-state index in [1.807, 2.05) is 0 Å². The van der Waals surface area contributed by atoms with E-state index in [1.165, 1.54) is 11.1 Å². The van der Waals surface area contributed by atoms with Gasteiger partial charge in [0.25, 0.3) is 0 Å². The first kappa shape index (κ1) is 14.4. The molecular formula is C20H22SiTi. The van der Waals surface area contributed by atoms with Crippen LogP contribution in [0.4, 0.5) is 0 Å². The van der Waals surface area contributed by atoms with Crippen molar-refractivity contribution in [1.82, 2.24) is 0 Å². The standard InChI is InChI=1S/2C9H7.C2H6Si.Ti.2H/c2*1-2-5-9-7-3-6-8(9)4-1;1-3-2;;;/h2*1-7H;1-2H3;;;. The van der Waals surface area contributed by atoms with Crippen molar-refractivity contribution >= 4 is 18.3 Å². The topological polar surface area (TPSA) is 0 Å². The molecule has 0 saturated carbocycles. The second-order valence-corrected chi connectivity index (χ2v) is 24.2. The maximum atomic E-state index is 2.56. The first-order chi connectivity index (χ1) is 10.8. The predicted molar refractivity (Wildman–Crippen MR) is 96.7 cm³/mol. The van der Waals surface area contributed by atoms with Crippen molar-refractivity contribution in [2.45, 2.75) is 21.5 Å². The van der Waals surface area contributed by atoms with Gasteiger partial charge in [-0.1, -0.05) is 0 Å². The third-order valence-electron chi connectivity index (χ3n) is 5.57. The fraction of sp³-hybridized carbons (Fsp3) is 0.200. The molecule has 2 unspecified atom stereocenters. The van der Waals surface area contributed by atoms with Gasteiger partial charge in [-0.05, 0) is 0 Å². The SMILES string of the molecule is C[Si](C)=[TiH2]([CH]1C=Cc2ccccc21)[CH]1C=Cc2ccccc21. The van der Waals surface area contributed by atoms with Crippen molar-refractivity contribution in [2.24, 2.45) is 0 Å². The molecule has 0 aliphatic heterocycles. The van der Waals surface area contributed by atoms with E-state index < -0.39 is 16.6 Å². The van der Waals surface area contributed by atoms with E-state index in [-0.39, 0.29) is 6.19 Å². The van der Waals surface area contributed by atoms with Crippen molar-refractivity contribution < 1.29 is 16.6 Å². The molecule has 0 saturated heterocycles. The van der Waals surface area contributed by atoms with Crippen molar-refractivity contribution in [3.05, 3.63) is 82.9 Å². The molecule has 0 amide bonds. The average Bonchev–Trinajstić information content (AvgIpc) is 3.13. The van der Waals surface area contributed by atoms with Gasteiger partial charge >= 0.3 is 139 Å². The van der Waals surface area contributed by atoms with E-state index in [0.717, 1.165) is 8.45 Å². The van der Waals surface area contributed by atoms with Crippen molar-refractivity contribution in [3.63, 3.8) is 0 Å². The Morgan fingerprint density at radius 3 is 1.64 bits per heavy atom. The number of hydrogen-bond acceptors (Lipinski definition) is 0. The van der Waals surface area contributed by atoms with E-state index in [0.29, 0.717) is 0 Å². The second kappa shape index (κ2) is 5.81. The minimum absolute atomic E-state index is 0.216. The predicted octanol–water partition coefficient (Wildman–Crippen LogP) is 4.86. The first-order valence-electron chi connectivity index (χ1n) is 8.31. The molecule has 2 aromatic carbocycles. The zero-order valence-corrected chi connectivity index (χ0v) is 16.5. The molecule has 0 fully saturated rings. The summed E-state index contributed by atoms with van der Waals surface area (Å²) in [5, 5.41) is 0. The van der Waals surface area contributed by atoms with Crippen LogP contribution in [0.2, 0.25) is 13.1 Å². The Balaban J connectivity index is 1.82. The number of benzene rings is 2. The maximum absolute atomic E-state index is 2.56. The average molecular weight is 338 g/mol. The van der Waals surface area contributed by atoms with Crippen LogP contribution in [0.5, 0.6) is 0 Å². The number of rotatable bonds is 2. The molecule has 4 rings (SSSR count). The number of allylic oxidation sites excluding steroid dienone is 2. The third-order valence-corrected chi connectivity index (χ3v) is 23.7. The van der Waals surface area contributed by atoms with E-state index >= 15 is 0 Å². The summed E-state index contributed by atoms with van der Waals surface area (Å²) in [4.78, 5) is 0. The molecule has 2 aromatic rings. The Hall–Kier alpha value is -1.15. The molecule has 22 heavy (non-hydrogen) atoms. The van der Waals surface area contributed by atoms with Crippen LogP contribution in [0.1, 0.15) is 30.7 Å². The number of hydrogen-bond donors (Lipinski definition) is 0. The van der Waals surface area contributed by atoms with Gasteiger partial charge in [0.2, 0.25) is 0 Å². The Morgan fingerprint density at radius 1 is 0.727 bits per heavy atom. The molecule has 0 heterocycles. The van der Waals surface area contributed by atoms with Gasteiger partial charge in [-0.15, -0.1) is 0 Å². The summed E-state index contributed by atoms with van der Waals surface area (Å²) < 4.78 is 1.56. The molecule has 0 N–H and O–H groups in total. The van der Waals surface area contributed by atoms with E-state index in [2.05, 4.69) is 85.9 Å². The summed E-state index contributed by atoms with van der Waals surface area (Å²) in [6.07, 6.45) is 9.61. The summed E-state index contributed by atoms with van der Waals surface area (Å²) in [6, 6.07) is 18.1. The van der Waals surface area contributed by atoms with E-state index in [9.17, 15) is 0 Å². The molecule has 0 spiro atoms. The Morgan fingerprint density at radius 2 is 1.18 bits per heavy atom. The van der Waals surface area contributed by atoms with Gasteiger partial charge in [-0.3, -0.25) is 0 Å². The van der Waals surface area contributed by atoms with Crippen molar-refractivity contribution in [2.75, 3.05) is 0 Å². The van der Waals surface area contributed by atoms with Crippen LogP contribution >= 0.6 is 0 Å². The molecule has 2 aliphatic carbocycles. The molecule has 110 valence electrons. The van der Waals surface area contributed by atoms with Crippen LogP contribution in [-0.4, -0.2) is 6.19 Å². The van der Waals surface area contributed by atoms with Gasteiger partial charge in [0.05, 0.1) is 0 Å². The monoisotopic (exact) mass is 338 g/mol. The van der Waals surface area contributed by atoms with Crippen LogP contribution in [0.3, 0.4) is 0 Å².